The molecule has 25 heavy (non-hydrogen) atoms. The summed E-state index contributed by atoms with van der Waals surface area (Å²) < 4.78 is 1.81. The van der Waals surface area contributed by atoms with E-state index in [-0.39, 0.29) is 23.7 Å². The number of carbonyl (C=O) groups is 2. The molecule has 3 heterocycles. The van der Waals surface area contributed by atoms with Gasteiger partial charge in [-0.05, 0) is 13.8 Å². The smallest absolute Gasteiger partial charge is 0.268 e. The third kappa shape index (κ3) is 2.92. The molecule has 9 nitrogen and oxygen atoms in total. The maximum atomic E-state index is 12.3. The van der Waals surface area contributed by atoms with Crippen LogP contribution in [0.15, 0.2) is 12.4 Å². The molecule has 0 aromatic carbocycles. The summed E-state index contributed by atoms with van der Waals surface area (Å²) in [7, 11) is 3.67. The number of hydrogen-bond donors (Lipinski definition) is 2. The summed E-state index contributed by atoms with van der Waals surface area (Å²) in [6.45, 7) is 3.92. The number of rotatable bonds is 4. The van der Waals surface area contributed by atoms with E-state index in [4.69, 9.17) is 5.73 Å². The lowest BCUT2D eigenvalue weighted by Crippen LogP contribution is -2.31. The number of primary amides is 1. The van der Waals surface area contributed by atoms with Gasteiger partial charge in [0, 0.05) is 31.8 Å². The van der Waals surface area contributed by atoms with Crippen molar-refractivity contribution >= 4 is 17.6 Å². The lowest BCUT2D eigenvalue weighted by molar-refractivity contribution is -0.127. The molecule has 3 N–H and O–H groups in total. The first-order valence-electron chi connectivity index (χ1n) is 7.93. The molecule has 9 heteroatoms. The minimum absolute atomic E-state index is 0.0316. The molecule has 0 bridgehead atoms. The average Bonchev–Trinajstić information content (AvgIpc) is 2.96. The topological polar surface area (TPSA) is 119 Å². The number of nitrogens with one attached hydrogen (secondary N) is 1. The minimum atomic E-state index is -0.647. The van der Waals surface area contributed by atoms with E-state index < -0.39 is 5.91 Å². The van der Waals surface area contributed by atoms with Crippen LogP contribution in [0.4, 0.5) is 5.82 Å². The molecular weight excluding hydrogens is 322 g/mol. The zero-order chi connectivity index (χ0) is 18.3. The van der Waals surface area contributed by atoms with Crippen LogP contribution in [-0.4, -0.2) is 49.6 Å². The fraction of sp³-hybridized carbons (Fsp3) is 0.438. The number of aromatic nitrogens is 4. The molecule has 0 spiro atoms. The lowest BCUT2D eigenvalue weighted by Gasteiger charge is -2.26. The van der Waals surface area contributed by atoms with Crippen LogP contribution in [0.3, 0.4) is 0 Å². The van der Waals surface area contributed by atoms with Gasteiger partial charge < -0.3 is 16.0 Å². The third-order valence-corrected chi connectivity index (χ3v) is 4.67. The van der Waals surface area contributed by atoms with Crippen LogP contribution in [0.25, 0.3) is 0 Å². The Labute approximate surface area is 145 Å². The molecule has 3 rings (SSSR count). The van der Waals surface area contributed by atoms with Gasteiger partial charge in [0.2, 0.25) is 5.91 Å². The van der Waals surface area contributed by atoms with Gasteiger partial charge in [-0.25, -0.2) is 4.98 Å². The summed E-state index contributed by atoms with van der Waals surface area (Å²) >= 11 is 0. The molecule has 2 atom stereocenters. The Morgan fingerprint density at radius 3 is 2.64 bits per heavy atom. The van der Waals surface area contributed by atoms with Gasteiger partial charge >= 0.3 is 0 Å². The van der Waals surface area contributed by atoms with Crippen molar-refractivity contribution in [3.63, 3.8) is 0 Å². The average molecular weight is 343 g/mol. The third-order valence-electron chi connectivity index (χ3n) is 4.67. The second kappa shape index (κ2) is 6.15. The molecule has 2 aromatic heterocycles. The Balaban J connectivity index is 1.95. The number of nitrogens with two attached hydrogens (primary N) is 1. The summed E-state index contributed by atoms with van der Waals surface area (Å²) in [5, 5.41) is 7.68. The van der Waals surface area contributed by atoms with E-state index in [1.54, 1.807) is 11.9 Å². The lowest BCUT2D eigenvalue weighted by atomic mass is 9.98. The van der Waals surface area contributed by atoms with Crippen molar-refractivity contribution in [3.05, 3.63) is 35.0 Å². The zero-order valence-electron chi connectivity index (χ0n) is 14.6. The Bertz CT molecular complexity index is 845. The van der Waals surface area contributed by atoms with Gasteiger partial charge in [0.25, 0.3) is 5.91 Å². The summed E-state index contributed by atoms with van der Waals surface area (Å²) in [4.78, 5) is 33.5. The van der Waals surface area contributed by atoms with Gasteiger partial charge in [-0.2, -0.15) is 5.10 Å². The maximum absolute atomic E-state index is 12.3. The maximum Gasteiger partial charge on any atom is 0.268 e. The monoisotopic (exact) mass is 343 g/mol. The number of anilines is 1. The van der Waals surface area contributed by atoms with Gasteiger partial charge in [-0.3, -0.25) is 19.3 Å². The number of nitrogens with zero attached hydrogens (tertiary/aromatic N) is 5. The standard InChI is InChI=1S/C16H21N7O2/c1-8-14(9(2)23(4)21-8)15-10(5-13(24)22(15)3)19-12-7-18-6-11(20-12)16(17)25/h6-7,10,15H,5H2,1-4H3,(H2,17,25)(H,19,20)/t10-,15-/m1/s1. The van der Waals surface area contributed by atoms with E-state index in [0.29, 0.717) is 12.2 Å². The highest BCUT2D eigenvalue weighted by atomic mass is 16.2. The normalized spacial score (nSPS) is 20.2. The van der Waals surface area contributed by atoms with Crippen molar-refractivity contribution in [2.75, 3.05) is 12.4 Å². The molecule has 132 valence electrons. The number of amides is 2. The Morgan fingerprint density at radius 1 is 1.32 bits per heavy atom. The van der Waals surface area contributed by atoms with E-state index in [0.717, 1.165) is 17.0 Å². The van der Waals surface area contributed by atoms with Gasteiger partial charge in [0.1, 0.15) is 11.5 Å². The molecule has 1 aliphatic heterocycles. The second-order valence-electron chi connectivity index (χ2n) is 6.27. The summed E-state index contributed by atoms with van der Waals surface area (Å²) in [6, 6.07) is -0.392. The van der Waals surface area contributed by atoms with Crippen molar-refractivity contribution in [1.82, 2.24) is 24.6 Å². The van der Waals surface area contributed by atoms with Crippen LogP contribution in [-0.2, 0) is 11.8 Å². The van der Waals surface area contributed by atoms with Crippen LogP contribution >= 0.6 is 0 Å². The van der Waals surface area contributed by atoms with Crippen molar-refractivity contribution < 1.29 is 9.59 Å². The SMILES string of the molecule is Cc1nn(C)c(C)c1[C@H]1[C@H](Nc2cncc(C(N)=O)n2)CC(=O)N1C. The molecular formula is C16H21N7O2. The number of likely N-dealkylation sites (tertiary alicyclic amines) is 1. The largest absolute Gasteiger partial charge is 0.364 e. The van der Waals surface area contributed by atoms with Crippen molar-refractivity contribution in [1.29, 1.82) is 0 Å². The first kappa shape index (κ1) is 16.9. The molecule has 1 fully saturated rings. The fourth-order valence-corrected chi connectivity index (χ4v) is 3.36. The van der Waals surface area contributed by atoms with Crippen LogP contribution in [0, 0.1) is 13.8 Å². The van der Waals surface area contributed by atoms with E-state index in [2.05, 4.69) is 20.4 Å². The molecule has 0 aliphatic carbocycles. The van der Waals surface area contributed by atoms with Crippen molar-refractivity contribution in [2.45, 2.75) is 32.4 Å². The molecule has 1 aliphatic rings. The van der Waals surface area contributed by atoms with E-state index in [9.17, 15) is 9.59 Å². The number of likely N-dealkylation sites (N-methyl/N-ethyl adjacent to an activating group) is 1. The van der Waals surface area contributed by atoms with Crippen LogP contribution in [0.1, 0.15) is 39.9 Å². The Kier molecular flexibility index (Phi) is 4.15. The highest BCUT2D eigenvalue weighted by molar-refractivity contribution is 5.90. The summed E-state index contributed by atoms with van der Waals surface area (Å²) in [5.74, 6) is -0.205. The highest BCUT2D eigenvalue weighted by Gasteiger charge is 2.41. The van der Waals surface area contributed by atoms with Gasteiger partial charge in [-0.15, -0.1) is 0 Å². The first-order chi connectivity index (χ1) is 11.8. The second-order valence-corrected chi connectivity index (χ2v) is 6.27. The van der Waals surface area contributed by atoms with Crippen LogP contribution in [0.2, 0.25) is 0 Å². The molecule has 2 amide bonds. The minimum Gasteiger partial charge on any atom is -0.364 e. The Morgan fingerprint density at radius 2 is 2.04 bits per heavy atom. The molecule has 0 unspecified atom stereocenters. The van der Waals surface area contributed by atoms with Gasteiger partial charge in [-0.1, -0.05) is 0 Å². The molecule has 1 saturated heterocycles. The van der Waals surface area contributed by atoms with Gasteiger partial charge in [0.05, 0.1) is 30.2 Å². The Hall–Kier alpha value is -2.97. The van der Waals surface area contributed by atoms with Crippen molar-refractivity contribution in [2.24, 2.45) is 12.8 Å². The zero-order valence-corrected chi connectivity index (χ0v) is 14.6. The molecule has 0 saturated carbocycles. The van der Waals surface area contributed by atoms with E-state index in [1.807, 2.05) is 25.6 Å². The van der Waals surface area contributed by atoms with Crippen LogP contribution < -0.4 is 11.1 Å². The fourth-order valence-electron chi connectivity index (χ4n) is 3.36. The quantitative estimate of drug-likeness (QED) is 0.824. The molecule has 2 aromatic rings. The van der Waals surface area contributed by atoms with E-state index >= 15 is 0 Å². The molecule has 0 radical (unpaired) electrons. The highest BCUT2D eigenvalue weighted by Crippen LogP contribution is 2.36. The van der Waals surface area contributed by atoms with Crippen molar-refractivity contribution in [3.8, 4) is 0 Å². The predicted octanol–water partition coefficient (Wildman–Crippen LogP) is 0.310. The summed E-state index contributed by atoms with van der Waals surface area (Å²) in [6.07, 6.45) is 3.14. The first-order valence-corrected chi connectivity index (χ1v) is 7.93. The van der Waals surface area contributed by atoms with E-state index in [1.165, 1.54) is 12.4 Å². The van der Waals surface area contributed by atoms with Crippen LogP contribution in [0.5, 0.6) is 0 Å². The predicted molar refractivity (Wildman–Crippen MR) is 90.8 cm³/mol. The summed E-state index contributed by atoms with van der Waals surface area (Å²) in [5.41, 5.74) is 8.24. The number of aryl methyl sites for hydroxylation is 2. The van der Waals surface area contributed by atoms with Gasteiger partial charge in [0.15, 0.2) is 0 Å². The number of hydrogen-bond acceptors (Lipinski definition) is 6. The number of carbonyl (C=O) groups excluding carboxylic acids is 2.